The third-order valence-electron chi connectivity index (χ3n) is 10.5. The number of nitrogens with zero attached hydrogens (tertiary/aromatic N) is 2. The van der Waals surface area contributed by atoms with Gasteiger partial charge < -0.3 is 5.11 Å². The van der Waals surface area contributed by atoms with Gasteiger partial charge in [-0.1, -0.05) is 49.2 Å². The number of rotatable bonds is 4. The molecule has 0 radical (unpaired) electrons. The average Bonchev–Trinajstić information content (AvgIpc) is 3.24. The molecule has 1 amide bonds. The van der Waals surface area contributed by atoms with Crippen LogP contribution in [-0.2, 0) is 4.79 Å². The number of aliphatic hydroxyl groups is 1. The number of halogens is 1. The van der Waals surface area contributed by atoms with Crippen molar-refractivity contribution in [2.24, 2.45) is 39.6 Å². The lowest BCUT2D eigenvalue weighted by molar-refractivity contribution is -0.117. The number of nitrogens with one attached hydrogen (secondary N) is 1. The molecule has 5 rings (SSSR count). The molecular formula is C31H38ClN3O2. The Morgan fingerprint density at radius 3 is 2.65 bits per heavy atom. The van der Waals surface area contributed by atoms with E-state index in [-0.39, 0.29) is 22.5 Å². The number of nitriles is 1. The van der Waals surface area contributed by atoms with Gasteiger partial charge in [-0.15, -0.1) is 0 Å². The average molecular weight is 520 g/mol. The fourth-order valence-corrected chi connectivity index (χ4v) is 8.61. The number of fused-ring (bicyclic) bond motifs is 5. The molecule has 4 aliphatic rings. The van der Waals surface area contributed by atoms with Crippen molar-refractivity contribution in [2.45, 2.75) is 78.2 Å². The second-order valence-corrected chi connectivity index (χ2v) is 12.7. The first-order valence-electron chi connectivity index (χ1n) is 13.7. The first-order valence-corrected chi connectivity index (χ1v) is 14.1. The Morgan fingerprint density at radius 2 is 1.92 bits per heavy atom. The summed E-state index contributed by atoms with van der Waals surface area (Å²) in [5.41, 5.74) is 6.29. The summed E-state index contributed by atoms with van der Waals surface area (Å²) in [5.74, 6) is 1.87. The summed E-state index contributed by atoms with van der Waals surface area (Å²) in [7, 11) is 0. The predicted molar refractivity (Wildman–Crippen MR) is 147 cm³/mol. The molecule has 2 N–H and O–H groups in total. The highest BCUT2D eigenvalue weighted by molar-refractivity contribution is 6.30. The van der Waals surface area contributed by atoms with Crippen molar-refractivity contribution in [3.05, 3.63) is 52.1 Å². The van der Waals surface area contributed by atoms with Crippen molar-refractivity contribution in [2.75, 3.05) is 0 Å². The van der Waals surface area contributed by atoms with E-state index >= 15 is 0 Å². The lowest BCUT2D eigenvalue weighted by atomic mass is 9.47. The molecule has 0 spiro atoms. The fraction of sp³-hybridized carbons (Fsp3) is 0.581. The first-order chi connectivity index (χ1) is 17.7. The summed E-state index contributed by atoms with van der Waals surface area (Å²) in [6.07, 6.45) is 12.6. The minimum absolute atomic E-state index is 0.0190. The number of hydrogen-bond donors (Lipinski definition) is 2. The highest BCUT2D eigenvalue weighted by atomic mass is 35.5. The van der Waals surface area contributed by atoms with E-state index in [0.717, 1.165) is 43.4 Å². The summed E-state index contributed by atoms with van der Waals surface area (Å²) in [4.78, 5) is 12.7. The van der Waals surface area contributed by atoms with Crippen LogP contribution >= 0.6 is 11.6 Å². The number of hydrazone groups is 1. The summed E-state index contributed by atoms with van der Waals surface area (Å²) in [6, 6.07) is 9.01. The van der Waals surface area contributed by atoms with Crippen molar-refractivity contribution < 1.29 is 9.90 Å². The van der Waals surface area contributed by atoms with E-state index in [1.54, 1.807) is 30.3 Å². The Morgan fingerprint density at radius 1 is 1.16 bits per heavy atom. The van der Waals surface area contributed by atoms with Gasteiger partial charge in [-0.25, -0.2) is 5.43 Å². The molecular weight excluding hydrogens is 482 g/mol. The number of carbonyl (C=O) groups excluding carboxylic acids is 1. The van der Waals surface area contributed by atoms with Crippen LogP contribution in [0.2, 0.25) is 5.02 Å². The van der Waals surface area contributed by atoms with Gasteiger partial charge in [-0.05, 0) is 111 Å². The molecule has 1 aromatic rings. The second kappa shape index (κ2) is 10.0. The zero-order valence-electron chi connectivity index (χ0n) is 22.1. The van der Waals surface area contributed by atoms with Crippen molar-refractivity contribution >= 4 is 29.3 Å². The van der Waals surface area contributed by atoms with Gasteiger partial charge in [0.2, 0.25) is 0 Å². The van der Waals surface area contributed by atoms with Gasteiger partial charge in [0.15, 0.2) is 0 Å². The molecule has 0 aromatic heterocycles. The molecule has 3 fully saturated rings. The normalized spacial score (nSPS) is 37.5. The van der Waals surface area contributed by atoms with Gasteiger partial charge in [0.1, 0.15) is 11.6 Å². The van der Waals surface area contributed by atoms with Gasteiger partial charge in [0.25, 0.3) is 5.91 Å². The van der Waals surface area contributed by atoms with Crippen LogP contribution in [0, 0.1) is 45.8 Å². The molecule has 4 aliphatic carbocycles. The predicted octanol–water partition coefficient (Wildman–Crippen LogP) is 6.68. The number of hydrogen-bond acceptors (Lipinski definition) is 4. The molecule has 0 bridgehead atoms. The zero-order valence-corrected chi connectivity index (χ0v) is 22.9. The molecule has 0 unspecified atom stereocenters. The van der Waals surface area contributed by atoms with Crippen LogP contribution in [-0.4, -0.2) is 22.8 Å². The van der Waals surface area contributed by atoms with Gasteiger partial charge in [-0.2, -0.15) is 10.4 Å². The quantitative estimate of drug-likeness (QED) is 0.153. The van der Waals surface area contributed by atoms with Gasteiger partial charge >= 0.3 is 0 Å². The fourth-order valence-electron chi connectivity index (χ4n) is 8.48. The van der Waals surface area contributed by atoms with Crippen LogP contribution in [0.25, 0.3) is 6.08 Å². The van der Waals surface area contributed by atoms with Gasteiger partial charge in [0, 0.05) is 16.7 Å². The number of amides is 1. The second-order valence-electron chi connectivity index (χ2n) is 12.2. The monoisotopic (exact) mass is 519 g/mol. The van der Waals surface area contributed by atoms with E-state index < -0.39 is 5.91 Å². The molecule has 3 saturated carbocycles. The maximum absolute atomic E-state index is 12.7. The largest absolute Gasteiger partial charge is 0.393 e. The van der Waals surface area contributed by atoms with Crippen LogP contribution in [0.4, 0.5) is 0 Å². The number of aliphatic hydroxyl groups excluding tert-OH is 1. The topological polar surface area (TPSA) is 85.5 Å². The number of allylic oxidation sites excluding steroid dienone is 1. The molecule has 37 heavy (non-hydrogen) atoms. The zero-order chi connectivity index (χ0) is 26.4. The maximum atomic E-state index is 12.7. The molecule has 6 heteroatoms. The van der Waals surface area contributed by atoms with Crippen LogP contribution < -0.4 is 5.43 Å². The van der Waals surface area contributed by atoms with E-state index in [1.807, 2.05) is 13.0 Å². The summed E-state index contributed by atoms with van der Waals surface area (Å²) in [5, 5.41) is 24.9. The van der Waals surface area contributed by atoms with Gasteiger partial charge in [-0.3, -0.25) is 4.79 Å². The Kier molecular flexibility index (Phi) is 7.11. The van der Waals surface area contributed by atoms with E-state index in [1.165, 1.54) is 24.8 Å². The minimum atomic E-state index is -0.488. The molecule has 0 saturated heterocycles. The number of benzene rings is 1. The molecule has 196 valence electrons. The van der Waals surface area contributed by atoms with E-state index in [2.05, 4.69) is 30.5 Å². The minimum Gasteiger partial charge on any atom is -0.393 e. The van der Waals surface area contributed by atoms with E-state index in [0.29, 0.717) is 28.7 Å². The Labute approximate surface area is 225 Å². The maximum Gasteiger partial charge on any atom is 0.282 e. The standard InChI is InChI=1S/C31H38ClN3O2/c1-19(34-35-29(37)21(18-33)16-20-4-7-23(32)8-5-20)26-10-11-27-25-9-6-22-17-24(36)12-14-30(22,2)28(25)13-15-31(26,27)3/h4-8,16,24-28,36H,9-15,17H2,1-3H3,(H,35,37)/b21-16-,34-19+/t24-,25-,26+,27-,28-,30-,31+/m0/s1. The van der Waals surface area contributed by atoms with Crippen molar-refractivity contribution in [1.82, 2.24) is 5.43 Å². The van der Waals surface area contributed by atoms with Crippen molar-refractivity contribution in [1.29, 1.82) is 5.26 Å². The van der Waals surface area contributed by atoms with Gasteiger partial charge in [0.05, 0.1) is 6.10 Å². The van der Waals surface area contributed by atoms with E-state index in [9.17, 15) is 15.2 Å². The van der Waals surface area contributed by atoms with Crippen molar-refractivity contribution in [3.63, 3.8) is 0 Å². The van der Waals surface area contributed by atoms with Crippen LogP contribution in [0.5, 0.6) is 0 Å². The smallest absolute Gasteiger partial charge is 0.282 e. The summed E-state index contributed by atoms with van der Waals surface area (Å²) in [6.45, 7) is 6.94. The third kappa shape index (κ3) is 4.68. The highest BCUT2D eigenvalue weighted by Crippen LogP contribution is 2.66. The van der Waals surface area contributed by atoms with E-state index in [4.69, 9.17) is 11.6 Å². The van der Waals surface area contributed by atoms with Crippen LogP contribution in [0.15, 0.2) is 46.6 Å². The SMILES string of the molecule is C/C(=N\NC(=O)/C(C#N)=C\c1ccc(Cl)cc1)[C@H]1CC[C@H]2[C@@H]3CC=C4C[C@@H](O)CC[C@]4(C)[C@H]3CC[C@]12C. The van der Waals surface area contributed by atoms with Crippen molar-refractivity contribution in [3.8, 4) is 6.07 Å². The molecule has 0 heterocycles. The molecule has 5 nitrogen and oxygen atoms in total. The Bertz CT molecular complexity index is 1200. The number of carbonyl (C=O) groups is 1. The highest BCUT2D eigenvalue weighted by Gasteiger charge is 2.59. The first kappa shape index (κ1) is 26.2. The summed E-state index contributed by atoms with van der Waals surface area (Å²) >= 11 is 5.94. The molecule has 1 aromatic carbocycles. The summed E-state index contributed by atoms with van der Waals surface area (Å²) < 4.78 is 0. The Hall–Kier alpha value is -2.42. The lowest BCUT2D eigenvalue weighted by Crippen LogP contribution is -2.51. The third-order valence-corrected chi connectivity index (χ3v) is 10.7. The van der Waals surface area contributed by atoms with Crippen LogP contribution in [0.3, 0.4) is 0 Å². The molecule has 0 aliphatic heterocycles. The lowest BCUT2D eigenvalue weighted by Gasteiger charge is -2.58. The van der Waals surface area contributed by atoms with Crippen LogP contribution in [0.1, 0.15) is 77.7 Å². The molecule has 7 atom stereocenters. The Balaban J connectivity index is 1.30.